The molecule has 0 aliphatic heterocycles. The standard InChI is InChI=1S/C27H25ClF2N8O2/c1-14-5-7-15(8-6-14)13-38-20-19(16-10-17(28)12-31-11-16)33-23(24-36-37-26(39)40-24)34-22(20)35-25(38)27(2,30)21-18(29)4-3-9-32-21/h3-4,9-12,14-15H,5-8,13H2,1-2H3,(H,37,39)/t14-,15-,27?. The van der Waals surface area contributed by atoms with Crippen LogP contribution in [-0.2, 0) is 12.2 Å². The lowest BCUT2D eigenvalue weighted by atomic mass is 9.83. The van der Waals surface area contributed by atoms with E-state index in [1.165, 1.54) is 25.4 Å². The first kappa shape index (κ1) is 26.2. The average molecular weight is 567 g/mol. The number of imidazole rings is 1. The predicted molar refractivity (Wildman–Crippen MR) is 143 cm³/mol. The Balaban J connectivity index is 1.64. The summed E-state index contributed by atoms with van der Waals surface area (Å²) in [6, 6.07) is 4.23. The van der Waals surface area contributed by atoms with E-state index in [1.54, 1.807) is 16.8 Å². The molecule has 0 saturated heterocycles. The first-order chi connectivity index (χ1) is 19.2. The van der Waals surface area contributed by atoms with Gasteiger partial charge in [-0.15, -0.1) is 5.10 Å². The van der Waals surface area contributed by atoms with Crippen molar-refractivity contribution in [1.82, 2.24) is 39.7 Å². The number of H-pyrrole nitrogens is 1. The van der Waals surface area contributed by atoms with Gasteiger partial charge in [-0.25, -0.2) is 33.6 Å². The molecular weight excluding hydrogens is 542 g/mol. The molecule has 206 valence electrons. The highest BCUT2D eigenvalue weighted by Crippen LogP contribution is 2.39. The van der Waals surface area contributed by atoms with Gasteiger partial charge in [-0.1, -0.05) is 31.4 Å². The van der Waals surface area contributed by atoms with Gasteiger partial charge in [-0.05, 0) is 49.8 Å². The van der Waals surface area contributed by atoms with E-state index in [0.717, 1.165) is 31.7 Å². The topological polar surface area (TPSA) is 128 Å². The summed E-state index contributed by atoms with van der Waals surface area (Å²) in [6.45, 7) is 3.87. The molecule has 1 unspecified atom stereocenters. The van der Waals surface area contributed by atoms with Gasteiger partial charge < -0.3 is 8.98 Å². The smallest absolute Gasteiger partial charge is 0.384 e. The third kappa shape index (κ3) is 4.76. The second-order valence-corrected chi connectivity index (χ2v) is 10.8. The molecule has 5 aromatic rings. The van der Waals surface area contributed by atoms with Gasteiger partial charge in [0.05, 0.1) is 5.02 Å². The molecule has 1 aliphatic carbocycles. The van der Waals surface area contributed by atoms with E-state index >= 15 is 4.39 Å². The minimum atomic E-state index is -2.42. The number of hydrogen-bond acceptors (Lipinski definition) is 8. The number of hydrogen-bond donors (Lipinski definition) is 1. The lowest BCUT2D eigenvalue weighted by Crippen LogP contribution is -2.28. The molecule has 0 aromatic carbocycles. The van der Waals surface area contributed by atoms with Crippen molar-refractivity contribution in [2.45, 2.75) is 51.7 Å². The number of nitrogens with zero attached hydrogens (tertiary/aromatic N) is 7. The molecular formula is C27H25ClF2N8O2. The average Bonchev–Trinajstić information content (AvgIpc) is 3.53. The molecule has 1 atom stereocenters. The molecule has 1 N–H and O–H groups in total. The highest BCUT2D eigenvalue weighted by atomic mass is 35.5. The third-order valence-electron chi connectivity index (χ3n) is 7.41. The van der Waals surface area contributed by atoms with Crippen molar-refractivity contribution in [1.29, 1.82) is 0 Å². The molecule has 1 fully saturated rings. The monoisotopic (exact) mass is 566 g/mol. The van der Waals surface area contributed by atoms with Crippen molar-refractivity contribution in [2.24, 2.45) is 11.8 Å². The van der Waals surface area contributed by atoms with Crippen molar-refractivity contribution >= 4 is 22.8 Å². The van der Waals surface area contributed by atoms with Gasteiger partial charge in [-0.3, -0.25) is 9.97 Å². The van der Waals surface area contributed by atoms with Crippen LogP contribution in [-0.4, -0.2) is 39.7 Å². The second kappa shape index (κ2) is 10.2. The SMILES string of the molecule is CC(F)(c1ncccc1F)c1nc2nc(-c3n[nH]c(=O)o3)nc(-c3cncc(Cl)c3)c2n1C[C@H]1CC[C@H](C)CC1. The van der Waals surface area contributed by atoms with Crippen molar-refractivity contribution < 1.29 is 13.2 Å². The normalized spacial score (nSPS) is 19.1. The number of aromatic amines is 1. The van der Waals surface area contributed by atoms with Gasteiger partial charge in [0.15, 0.2) is 11.5 Å². The second-order valence-electron chi connectivity index (χ2n) is 10.4. The van der Waals surface area contributed by atoms with E-state index in [-0.39, 0.29) is 34.8 Å². The van der Waals surface area contributed by atoms with E-state index in [2.05, 4.69) is 42.0 Å². The van der Waals surface area contributed by atoms with Crippen molar-refractivity contribution in [3.05, 3.63) is 69.7 Å². The van der Waals surface area contributed by atoms with Crippen LogP contribution >= 0.6 is 11.6 Å². The molecule has 0 amide bonds. The fourth-order valence-corrected chi connectivity index (χ4v) is 5.52. The van der Waals surface area contributed by atoms with Crippen LogP contribution in [0.1, 0.15) is 51.0 Å². The molecule has 40 heavy (non-hydrogen) atoms. The number of rotatable bonds is 6. The Hall–Kier alpha value is -4.06. The lowest BCUT2D eigenvalue weighted by Gasteiger charge is -2.29. The molecule has 0 radical (unpaired) electrons. The molecule has 1 aliphatic rings. The van der Waals surface area contributed by atoms with E-state index in [4.69, 9.17) is 16.0 Å². The summed E-state index contributed by atoms with van der Waals surface area (Å²) in [4.78, 5) is 33.6. The summed E-state index contributed by atoms with van der Waals surface area (Å²) < 4.78 is 38.5. The molecule has 5 aromatic heterocycles. The first-order valence-electron chi connectivity index (χ1n) is 13.0. The summed E-state index contributed by atoms with van der Waals surface area (Å²) in [6.07, 6.45) is 8.39. The highest BCUT2D eigenvalue weighted by Gasteiger charge is 2.40. The maximum absolute atomic E-state index is 16.8. The zero-order chi connectivity index (χ0) is 28.0. The number of nitrogens with one attached hydrogen (secondary N) is 1. The van der Waals surface area contributed by atoms with E-state index < -0.39 is 17.2 Å². The van der Waals surface area contributed by atoms with Crippen LogP contribution in [0.4, 0.5) is 8.78 Å². The number of halogens is 3. The quantitative estimate of drug-likeness (QED) is 0.286. The molecule has 6 rings (SSSR count). The summed E-state index contributed by atoms with van der Waals surface area (Å²) in [5.74, 6) is -1.01. The fourth-order valence-electron chi connectivity index (χ4n) is 5.34. The van der Waals surface area contributed by atoms with Crippen molar-refractivity contribution in [3.63, 3.8) is 0 Å². The van der Waals surface area contributed by atoms with Crippen LogP contribution in [0.15, 0.2) is 46.0 Å². The van der Waals surface area contributed by atoms with E-state index in [1.807, 2.05) is 0 Å². The minimum Gasteiger partial charge on any atom is -0.384 e. The van der Waals surface area contributed by atoms with Gasteiger partial charge in [-0.2, -0.15) is 0 Å². The van der Waals surface area contributed by atoms with Crippen LogP contribution in [0.5, 0.6) is 0 Å². The maximum atomic E-state index is 16.8. The Morgan fingerprint density at radius 2 is 2.00 bits per heavy atom. The van der Waals surface area contributed by atoms with Crippen LogP contribution in [0.2, 0.25) is 5.02 Å². The van der Waals surface area contributed by atoms with Crippen molar-refractivity contribution in [2.75, 3.05) is 0 Å². The highest BCUT2D eigenvalue weighted by molar-refractivity contribution is 6.30. The molecule has 10 nitrogen and oxygen atoms in total. The zero-order valence-corrected chi connectivity index (χ0v) is 22.5. The summed E-state index contributed by atoms with van der Waals surface area (Å²) in [7, 11) is 0. The predicted octanol–water partition coefficient (Wildman–Crippen LogP) is 5.48. The van der Waals surface area contributed by atoms with Crippen LogP contribution < -0.4 is 5.76 Å². The fraction of sp³-hybridized carbons (Fsp3) is 0.370. The number of aromatic nitrogens is 8. The van der Waals surface area contributed by atoms with E-state index in [9.17, 15) is 9.18 Å². The Labute approximate surface area is 231 Å². The Morgan fingerprint density at radius 3 is 2.70 bits per heavy atom. The van der Waals surface area contributed by atoms with Crippen LogP contribution in [0.3, 0.4) is 0 Å². The molecule has 0 spiro atoms. The van der Waals surface area contributed by atoms with Gasteiger partial charge in [0, 0.05) is 30.7 Å². The van der Waals surface area contributed by atoms with Gasteiger partial charge in [0.1, 0.15) is 22.7 Å². The summed E-state index contributed by atoms with van der Waals surface area (Å²) in [5.41, 5.74) is -1.43. The first-order valence-corrected chi connectivity index (χ1v) is 13.3. The van der Waals surface area contributed by atoms with Gasteiger partial charge in [0.2, 0.25) is 11.5 Å². The van der Waals surface area contributed by atoms with Crippen LogP contribution in [0, 0.1) is 17.7 Å². The lowest BCUT2D eigenvalue weighted by molar-refractivity contribution is 0.203. The molecule has 1 saturated carbocycles. The summed E-state index contributed by atoms with van der Waals surface area (Å²) in [5, 5.41) is 6.39. The Morgan fingerprint density at radius 1 is 1.20 bits per heavy atom. The number of alkyl halides is 1. The van der Waals surface area contributed by atoms with Crippen molar-refractivity contribution in [3.8, 4) is 23.0 Å². The molecule has 0 bridgehead atoms. The van der Waals surface area contributed by atoms with E-state index in [0.29, 0.717) is 34.3 Å². The Kier molecular flexibility index (Phi) is 6.65. The third-order valence-corrected chi connectivity index (χ3v) is 7.62. The van der Waals surface area contributed by atoms with Crippen LogP contribution in [0.25, 0.3) is 34.1 Å². The summed E-state index contributed by atoms with van der Waals surface area (Å²) >= 11 is 6.27. The largest absolute Gasteiger partial charge is 0.434 e. The number of fused-ring (bicyclic) bond motifs is 1. The zero-order valence-electron chi connectivity index (χ0n) is 21.7. The molecule has 13 heteroatoms. The molecule has 5 heterocycles. The minimum absolute atomic E-state index is 0.0481. The Bertz CT molecular complexity index is 1760. The van der Waals surface area contributed by atoms with Gasteiger partial charge >= 0.3 is 5.76 Å². The van der Waals surface area contributed by atoms with Gasteiger partial charge in [0.25, 0.3) is 5.89 Å². The number of pyridine rings is 2. The maximum Gasteiger partial charge on any atom is 0.434 e.